The van der Waals surface area contributed by atoms with Gasteiger partial charge >= 0.3 is 0 Å². The number of methoxy groups -OCH3 is 1. The van der Waals surface area contributed by atoms with Crippen LogP contribution in [0.3, 0.4) is 0 Å². The molecule has 0 aliphatic rings. The van der Waals surface area contributed by atoms with Crippen LogP contribution in [0.25, 0.3) is 0 Å². The molecule has 0 fully saturated rings. The minimum Gasteiger partial charge on any atom is -0.497 e. The summed E-state index contributed by atoms with van der Waals surface area (Å²) >= 11 is 0. The van der Waals surface area contributed by atoms with Gasteiger partial charge in [0.15, 0.2) is 6.29 Å². The summed E-state index contributed by atoms with van der Waals surface area (Å²) in [5.74, 6) is 0.846. The molecule has 4 nitrogen and oxygen atoms in total. The average molecular weight is 253 g/mol. The molecule has 0 heterocycles. The molecule has 4 heteroatoms. The molecular formula is C14H23NO3. The Hall–Kier alpha value is -1.10. The third-order valence-electron chi connectivity index (χ3n) is 2.64. The number of hydrogen-bond acceptors (Lipinski definition) is 4. The van der Waals surface area contributed by atoms with Gasteiger partial charge in [0.25, 0.3) is 0 Å². The Morgan fingerprint density at radius 1 is 1.06 bits per heavy atom. The molecule has 0 aliphatic heterocycles. The quantitative estimate of drug-likeness (QED) is 0.720. The summed E-state index contributed by atoms with van der Waals surface area (Å²) in [7, 11) is 1.65. The Bertz CT molecular complexity index is 320. The van der Waals surface area contributed by atoms with Crippen LogP contribution in [-0.2, 0) is 15.9 Å². The second-order valence-corrected chi connectivity index (χ2v) is 4.00. The molecule has 0 aliphatic carbocycles. The lowest BCUT2D eigenvalue weighted by Gasteiger charge is -2.23. The molecule has 0 aromatic heterocycles. The molecule has 1 atom stereocenters. The zero-order chi connectivity index (χ0) is 13.4. The standard InChI is InChI=1S/C14H23NO3/c1-4-17-14(18-5-2)13(15)10-11-6-8-12(16-3)9-7-11/h6-9,13-14H,4-5,10,15H2,1-3H3. The summed E-state index contributed by atoms with van der Waals surface area (Å²) < 4.78 is 16.1. The maximum absolute atomic E-state index is 6.11. The Morgan fingerprint density at radius 2 is 1.61 bits per heavy atom. The van der Waals surface area contributed by atoms with Gasteiger partial charge in [-0.15, -0.1) is 0 Å². The first-order valence-electron chi connectivity index (χ1n) is 6.33. The van der Waals surface area contributed by atoms with E-state index in [9.17, 15) is 0 Å². The summed E-state index contributed by atoms with van der Waals surface area (Å²) in [6, 6.07) is 7.70. The summed E-state index contributed by atoms with van der Waals surface area (Å²) in [6.07, 6.45) is 0.372. The van der Waals surface area contributed by atoms with Crippen LogP contribution in [0.15, 0.2) is 24.3 Å². The molecular weight excluding hydrogens is 230 g/mol. The van der Waals surface area contributed by atoms with Gasteiger partial charge in [0.1, 0.15) is 5.75 Å². The minimum atomic E-state index is -0.345. The molecule has 1 rings (SSSR count). The van der Waals surface area contributed by atoms with Crippen molar-refractivity contribution < 1.29 is 14.2 Å². The normalized spacial score (nSPS) is 12.7. The number of nitrogens with two attached hydrogens (primary N) is 1. The average Bonchev–Trinajstić information content (AvgIpc) is 2.39. The number of rotatable bonds is 8. The van der Waals surface area contributed by atoms with Gasteiger partial charge in [0.05, 0.1) is 13.2 Å². The molecule has 0 radical (unpaired) electrons. The van der Waals surface area contributed by atoms with Crippen LogP contribution in [0.4, 0.5) is 0 Å². The molecule has 18 heavy (non-hydrogen) atoms. The van der Waals surface area contributed by atoms with Gasteiger partial charge in [0, 0.05) is 13.2 Å². The minimum absolute atomic E-state index is 0.168. The van der Waals surface area contributed by atoms with E-state index in [1.54, 1.807) is 7.11 Å². The first-order chi connectivity index (χ1) is 8.71. The Kier molecular flexibility index (Phi) is 6.72. The van der Waals surface area contributed by atoms with Gasteiger partial charge in [-0.1, -0.05) is 12.1 Å². The third kappa shape index (κ3) is 4.64. The fourth-order valence-corrected chi connectivity index (χ4v) is 1.75. The second-order valence-electron chi connectivity index (χ2n) is 4.00. The fourth-order valence-electron chi connectivity index (χ4n) is 1.75. The van der Waals surface area contributed by atoms with Crippen LogP contribution in [-0.4, -0.2) is 32.7 Å². The Morgan fingerprint density at radius 3 is 2.06 bits per heavy atom. The maximum Gasteiger partial charge on any atom is 0.172 e. The van der Waals surface area contributed by atoms with Crippen molar-refractivity contribution in [1.82, 2.24) is 0 Å². The summed E-state index contributed by atoms with van der Waals surface area (Å²) in [5.41, 5.74) is 7.26. The van der Waals surface area contributed by atoms with Crippen LogP contribution in [0, 0.1) is 0 Å². The molecule has 2 N–H and O–H groups in total. The molecule has 1 aromatic rings. The highest BCUT2D eigenvalue weighted by Gasteiger charge is 2.18. The van der Waals surface area contributed by atoms with Gasteiger partial charge in [-0.2, -0.15) is 0 Å². The lowest BCUT2D eigenvalue weighted by Crippen LogP contribution is -2.40. The molecule has 1 unspecified atom stereocenters. The van der Waals surface area contributed by atoms with E-state index in [1.807, 2.05) is 38.1 Å². The summed E-state index contributed by atoms with van der Waals surface area (Å²) in [4.78, 5) is 0. The van der Waals surface area contributed by atoms with E-state index in [4.69, 9.17) is 19.9 Å². The van der Waals surface area contributed by atoms with Crippen molar-refractivity contribution in [2.24, 2.45) is 5.73 Å². The third-order valence-corrected chi connectivity index (χ3v) is 2.64. The molecule has 0 amide bonds. The number of ether oxygens (including phenoxy) is 3. The summed E-state index contributed by atoms with van der Waals surface area (Å²) in [6.45, 7) is 5.07. The van der Waals surface area contributed by atoms with E-state index in [2.05, 4.69) is 0 Å². The van der Waals surface area contributed by atoms with Crippen LogP contribution in [0.1, 0.15) is 19.4 Å². The zero-order valence-corrected chi connectivity index (χ0v) is 11.4. The monoisotopic (exact) mass is 253 g/mol. The smallest absolute Gasteiger partial charge is 0.172 e. The Labute approximate surface area is 109 Å². The van der Waals surface area contributed by atoms with Crippen LogP contribution < -0.4 is 10.5 Å². The second kappa shape index (κ2) is 8.08. The van der Waals surface area contributed by atoms with Crippen LogP contribution in [0.2, 0.25) is 0 Å². The number of benzene rings is 1. The van der Waals surface area contributed by atoms with Crippen molar-refractivity contribution in [3.63, 3.8) is 0 Å². The predicted molar refractivity (Wildman–Crippen MR) is 71.7 cm³/mol. The highest BCUT2D eigenvalue weighted by atomic mass is 16.7. The molecule has 1 aromatic carbocycles. The first kappa shape index (κ1) is 15.0. The van der Waals surface area contributed by atoms with Crippen molar-refractivity contribution in [2.75, 3.05) is 20.3 Å². The number of hydrogen-bond donors (Lipinski definition) is 1. The van der Waals surface area contributed by atoms with E-state index in [0.29, 0.717) is 19.6 Å². The lowest BCUT2D eigenvalue weighted by atomic mass is 10.1. The first-order valence-corrected chi connectivity index (χ1v) is 6.33. The van der Waals surface area contributed by atoms with Crippen molar-refractivity contribution in [2.45, 2.75) is 32.6 Å². The van der Waals surface area contributed by atoms with E-state index in [1.165, 1.54) is 0 Å². The lowest BCUT2D eigenvalue weighted by molar-refractivity contribution is -0.148. The van der Waals surface area contributed by atoms with E-state index < -0.39 is 0 Å². The largest absolute Gasteiger partial charge is 0.497 e. The summed E-state index contributed by atoms with van der Waals surface area (Å²) in [5, 5.41) is 0. The van der Waals surface area contributed by atoms with E-state index in [0.717, 1.165) is 11.3 Å². The molecule has 0 saturated carbocycles. The van der Waals surface area contributed by atoms with Crippen molar-refractivity contribution in [3.05, 3.63) is 29.8 Å². The van der Waals surface area contributed by atoms with E-state index >= 15 is 0 Å². The maximum atomic E-state index is 6.11. The van der Waals surface area contributed by atoms with Gasteiger partial charge in [-0.25, -0.2) is 0 Å². The van der Waals surface area contributed by atoms with Crippen molar-refractivity contribution in [1.29, 1.82) is 0 Å². The van der Waals surface area contributed by atoms with Gasteiger partial charge in [-0.3, -0.25) is 0 Å². The predicted octanol–water partition coefficient (Wildman–Crippen LogP) is 1.96. The molecule has 0 spiro atoms. The van der Waals surface area contributed by atoms with E-state index in [-0.39, 0.29) is 12.3 Å². The van der Waals surface area contributed by atoms with Gasteiger partial charge in [0.2, 0.25) is 0 Å². The highest BCUT2D eigenvalue weighted by Crippen LogP contribution is 2.14. The van der Waals surface area contributed by atoms with Crippen molar-refractivity contribution >= 4 is 0 Å². The molecule has 0 bridgehead atoms. The van der Waals surface area contributed by atoms with Crippen LogP contribution >= 0.6 is 0 Å². The Balaban J connectivity index is 2.57. The van der Waals surface area contributed by atoms with Gasteiger partial charge in [-0.05, 0) is 38.0 Å². The molecule has 0 saturated heterocycles. The zero-order valence-electron chi connectivity index (χ0n) is 11.4. The topological polar surface area (TPSA) is 53.7 Å². The van der Waals surface area contributed by atoms with Gasteiger partial charge < -0.3 is 19.9 Å². The van der Waals surface area contributed by atoms with Crippen molar-refractivity contribution in [3.8, 4) is 5.75 Å². The highest BCUT2D eigenvalue weighted by molar-refractivity contribution is 5.27. The molecule has 102 valence electrons. The van der Waals surface area contributed by atoms with Crippen LogP contribution in [0.5, 0.6) is 5.75 Å². The fraction of sp³-hybridized carbons (Fsp3) is 0.571. The SMILES string of the molecule is CCOC(OCC)C(N)Cc1ccc(OC)cc1.